The van der Waals surface area contributed by atoms with Crippen molar-refractivity contribution in [2.75, 3.05) is 11.9 Å². The van der Waals surface area contributed by atoms with Crippen LogP contribution in [-0.4, -0.2) is 6.54 Å². The third-order valence-corrected chi connectivity index (χ3v) is 2.51. The number of aryl methyl sites for hydroxylation is 1. The fourth-order valence-corrected chi connectivity index (χ4v) is 1.79. The van der Waals surface area contributed by atoms with Crippen molar-refractivity contribution in [3.05, 3.63) is 42.0 Å². The Hall–Kier alpha value is -1.50. The van der Waals surface area contributed by atoms with Crippen molar-refractivity contribution in [2.24, 2.45) is 0 Å². The van der Waals surface area contributed by atoms with Crippen molar-refractivity contribution in [1.82, 2.24) is 0 Å². The first-order valence-corrected chi connectivity index (χ1v) is 5.05. The number of benzene rings is 2. The normalized spacial score (nSPS) is 10.4. The van der Waals surface area contributed by atoms with Crippen LogP contribution in [0.15, 0.2) is 36.4 Å². The van der Waals surface area contributed by atoms with Crippen molar-refractivity contribution in [1.29, 1.82) is 0 Å². The molecular formula is C13H15N. The van der Waals surface area contributed by atoms with Crippen molar-refractivity contribution in [3.63, 3.8) is 0 Å². The molecule has 2 rings (SSSR count). The summed E-state index contributed by atoms with van der Waals surface area (Å²) in [6.07, 6.45) is 0. The predicted octanol–water partition coefficient (Wildman–Crippen LogP) is 3.58. The molecule has 0 aliphatic rings. The average Bonchev–Trinajstić information content (AvgIpc) is 2.23. The lowest BCUT2D eigenvalue weighted by Gasteiger charge is -2.09. The van der Waals surface area contributed by atoms with E-state index in [-0.39, 0.29) is 0 Å². The van der Waals surface area contributed by atoms with E-state index in [0.717, 1.165) is 6.54 Å². The average molecular weight is 185 g/mol. The Morgan fingerprint density at radius 2 is 1.71 bits per heavy atom. The molecule has 0 unspecified atom stereocenters. The molecule has 1 N–H and O–H groups in total. The van der Waals surface area contributed by atoms with Crippen LogP contribution in [-0.2, 0) is 0 Å². The summed E-state index contributed by atoms with van der Waals surface area (Å²) >= 11 is 0. The molecule has 2 aromatic rings. The van der Waals surface area contributed by atoms with Gasteiger partial charge in [0.25, 0.3) is 0 Å². The van der Waals surface area contributed by atoms with Crippen LogP contribution in [0, 0.1) is 6.92 Å². The molecule has 0 heterocycles. The summed E-state index contributed by atoms with van der Waals surface area (Å²) in [5.41, 5.74) is 2.57. The SMILES string of the molecule is CCNc1ccc(C)c2ccccc12. The molecule has 0 radical (unpaired) electrons. The molecule has 1 heteroatoms. The molecule has 0 saturated carbocycles. The smallest absolute Gasteiger partial charge is 0.0419 e. The van der Waals surface area contributed by atoms with Gasteiger partial charge in [0.15, 0.2) is 0 Å². The van der Waals surface area contributed by atoms with Gasteiger partial charge in [-0.3, -0.25) is 0 Å². The van der Waals surface area contributed by atoms with Crippen molar-refractivity contribution in [2.45, 2.75) is 13.8 Å². The number of hydrogen-bond donors (Lipinski definition) is 1. The van der Waals surface area contributed by atoms with E-state index in [4.69, 9.17) is 0 Å². The van der Waals surface area contributed by atoms with Gasteiger partial charge >= 0.3 is 0 Å². The Morgan fingerprint density at radius 3 is 2.43 bits per heavy atom. The number of hydrogen-bond acceptors (Lipinski definition) is 1. The monoisotopic (exact) mass is 185 g/mol. The van der Waals surface area contributed by atoms with Gasteiger partial charge in [-0.2, -0.15) is 0 Å². The van der Waals surface area contributed by atoms with Crippen LogP contribution in [0.3, 0.4) is 0 Å². The number of anilines is 1. The third-order valence-electron chi connectivity index (χ3n) is 2.51. The molecular weight excluding hydrogens is 170 g/mol. The zero-order chi connectivity index (χ0) is 9.97. The van der Waals surface area contributed by atoms with E-state index >= 15 is 0 Å². The van der Waals surface area contributed by atoms with E-state index < -0.39 is 0 Å². The van der Waals surface area contributed by atoms with E-state index in [1.54, 1.807) is 0 Å². The predicted molar refractivity (Wildman–Crippen MR) is 62.8 cm³/mol. The van der Waals surface area contributed by atoms with Gasteiger partial charge in [0.1, 0.15) is 0 Å². The molecule has 0 bridgehead atoms. The molecule has 0 spiro atoms. The van der Waals surface area contributed by atoms with Crippen LogP contribution in [0.25, 0.3) is 10.8 Å². The minimum Gasteiger partial charge on any atom is -0.385 e. The van der Waals surface area contributed by atoms with Gasteiger partial charge in [-0.1, -0.05) is 30.3 Å². The summed E-state index contributed by atoms with van der Waals surface area (Å²) in [6, 6.07) is 12.8. The second-order valence-corrected chi connectivity index (χ2v) is 3.51. The summed E-state index contributed by atoms with van der Waals surface area (Å²) in [5, 5.41) is 6.03. The quantitative estimate of drug-likeness (QED) is 0.754. The summed E-state index contributed by atoms with van der Waals surface area (Å²) in [5.74, 6) is 0. The van der Waals surface area contributed by atoms with Crippen LogP contribution in [0.5, 0.6) is 0 Å². The van der Waals surface area contributed by atoms with Crippen LogP contribution >= 0.6 is 0 Å². The maximum Gasteiger partial charge on any atom is 0.0419 e. The summed E-state index contributed by atoms with van der Waals surface area (Å²) in [7, 11) is 0. The number of fused-ring (bicyclic) bond motifs is 1. The molecule has 2 aromatic carbocycles. The van der Waals surface area contributed by atoms with Gasteiger partial charge in [0, 0.05) is 17.6 Å². The van der Waals surface area contributed by atoms with Gasteiger partial charge < -0.3 is 5.32 Å². The Balaban J connectivity index is 2.68. The summed E-state index contributed by atoms with van der Waals surface area (Å²) in [6.45, 7) is 5.24. The first kappa shape index (κ1) is 9.07. The third kappa shape index (κ3) is 1.46. The highest BCUT2D eigenvalue weighted by Gasteiger charge is 2.00. The maximum absolute atomic E-state index is 3.38. The summed E-state index contributed by atoms with van der Waals surface area (Å²) < 4.78 is 0. The van der Waals surface area contributed by atoms with Crippen molar-refractivity contribution >= 4 is 16.5 Å². The zero-order valence-corrected chi connectivity index (χ0v) is 8.67. The van der Waals surface area contributed by atoms with E-state index in [9.17, 15) is 0 Å². The molecule has 1 nitrogen and oxygen atoms in total. The highest BCUT2D eigenvalue weighted by Crippen LogP contribution is 2.25. The Kier molecular flexibility index (Phi) is 2.40. The lowest BCUT2D eigenvalue weighted by molar-refractivity contribution is 1.22. The Labute approximate surface area is 84.8 Å². The number of rotatable bonds is 2. The van der Waals surface area contributed by atoms with Gasteiger partial charge in [-0.15, -0.1) is 0 Å². The molecule has 0 saturated heterocycles. The van der Waals surface area contributed by atoms with Crippen LogP contribution < -0.4 is 5.32 Å². The second kappa shape index (κ2) is 3.70. The van der Waals surface area contributed by atoms with Crippen LogP contribution in [0.2, 0.25) is 0 Å². The Bertz CT molecular complexity index is 446. The molecule has 0 atom stereocenters. The lowest BCUT2D eigenvalue weighted by atomic mass is 10.0. The van der Waals surface area contributed by atoms with Gasteiger partial charge in [-0.05, 0) is 30.9 Å². The first-order chi connectivity index (χ1) is 6.83. The first-order valence-electron chi connectivity index (χ1n) is 5.05. The van der Waals surface area contributed by atoms with Crippen LogP contribution in [0.1, 0.15) is 12.5 Å². The fraction of sp³-hybridized carbons (Fsp3) is 0.231. The molecule has 0 aliphatic heterocycles. The second-order valence-electron chi connectivity index (χ2n) is 3.51. The van der Waals surface area contributed by atoms with Crippen molar-refractivity contribution < 1.29 is 0 Å². The lowest BCUT2D eigenvalue weighted by Crippen LogP contribution is -1.97. The molecule has 72 valence electrons. The van der Waals surface area contributed by atoms with Gasteiger partial charge in [-0.25, -0.2) is 0 Å². The minimum absolute atomic E-state index is 0.965. The molecule has 0 aliphatic carbocycles. The van der Waals surface area contributed by atoms with E-state index in [2.05, 4.69) is 55.6 Å². The fourth-order valence-electron chi connectivity index (χ4n) is 1.79. The largest absolute Gasteiger partial charge is 0.385 e. The molecule has 0 amide bonds. The number of nitrogens with one attached hydrogen (secondary N) is 1. The Morgan fingerprint density at radius 1 is 1.00 bits per heavy atom. The van der Waals surface area contributed by atoms with Crippen LogP contribution in [0.4, 0.5) is 5.69 Å². The molecule has 14 heavy (non-hydrogen) atoms. The van der Waals surface area contributed by atoms with E-state index in [0.29, 0.717) is 0 Å². The van der Waals surface area contributed by atoms with Gasteiger partial charge in [0.05, 0.1) is 0 Å². The molecule has 0 aromatic heterocycles. The standard InChI is InChI=1S/C13H15N/c1-3-14-13-9-8-10(2)11-6-4-5-7-12(11)13/h4-9,14H,3H2,1-2H3. The van der Waals surface area contributed by atoms with E-state index in [1.807, 2.05) is 0 Å². The van der Waals surface area contributed by atoms with Crippen molar-refractivity contribution in [3.8, 4) is 0 Å². The topological polar surface area (TPSA) is 12.0 Å². The zero-order valence-electron chi connectivity index (χ0n) is 8.67. The highest BCUT2D eigenvalue weighted by molar-refractivity contribution is 5.95. The minimum atomic E-state index is 0.965. The summed E-state index contributed by atoms with van der Waals surface area (Å²) in [4.78, 5) is 0. The highest BCUT2D eigenvalue weighted by atomic mass is 14.9. The van der Waals surface area contributed by atoms with E-state index in [1.165, 1.54) is 22.0 Å². The molecule has 0 fully saturated rings. The van der Waals surface area contributed by atoms with Gasteiger partial charge in [0.2, 0.25) is 0 Å². The maximum atomic E-state index is 3.38.